The predicted octanol–water partition coefficient (Wildman–Crippen LogP) is 4.97. The van der Waals surface area contributed by atoms with Crippen LogP contribution < -0.4 is 10.1 Å². The highest BCUT2D eigenvalue weighted by atomic mass is 16.5. The molecule has 2 aliphatic heterocycles. The smallest absolute Gasteiger partial charge is 0.226 e. The first-order chi connectivity index (χ1) is 16.3. The molecule has 1 aromatic carbocycles. The molecule has 6 heteroatoms. The first-order valence-corrected chi connectivity index (χ1v) is 13.1. The molecule has 0 bridgehead atoms. The molecule has 3 heterocycles. The number of likely N-dealkylation sites (tertiary alicyclic amines) is 1. The zero-order chi connectivity index (χ0) is 24.3. The van der Waals surface area contributed by atoms with Crippen molar-refractivity contribution in [3.8, 4) is 5.75 Å². The van der Waals surface area contributed by atoms with Crippen LogP contribution in [-0.2, 0) is 17.8 Å². The zero-order valence-electron chi connectivity index (χ0n) is 21.7. The molecule has 0 saturated carbocycles. The minimum atomic E-state index is -0.268. The summed E-state index contributed by atoms with van der Waals surface area (Å²) in [5, 5.41) is 8.06. The van der Waals surface area contributed by atoms with Gasteiger partial charge in [0.1, 0.15) is 12.4 Å². The third-order valence-corrected chi connectivity index (χ3v) is 7.83. The number of piperidine rings is 1. The van der Waals surface area contributed by atoms with Crippen LogP contribution in [0, 0.1) is 19.3 Å². The molecule has 1 amide bonds. The average molecular weight is 467 g/mol. The van der Waals surface area contributed by atoms with Crippen molar-refractivity contribution in [2.45, 2.75) is 91.8 Å². The van der Waals surface area contributed by atoms with Crippen LogP contribution in [0.4, 0.5) is 0 Å². The van der Waals surface area contributed by atoms with Crippen molar-refractivity contribution in [2.75, 3.05) is 19.7 Å². The van der Waals surface area contributed by atoms with Crippen LogP contribution in [0.5, 0.6) is 5.75 Å². The van der Waals surface area contributed by atoms with Gasteiger partial charge in [-0.25, -0.2) is 0 Å². The van der Waals surface area contributed by atoms with E-state index in [4.69, 9.17) is 9.84 Å². The van der Waals surface area contributed by atoms with Gasteiger partial charge in [-0.05, 0) is 91.4 Å². The van der Waals surface area contributed by atoms with Crippen molar-refractivity contribution in [2.24, 2.45) is 5.41 Å². The van der Waals surface area contributed by atoms with Gasteiger partial charge in [-0.3, -0.25) is 14.4 Å². The number of aryl methyl sites for hydroxylation is 2. The largest absolute Gasteiger partial charge is 0.491 e. The van der Waals surface area contributed by atoms with Gasteiger partial charge in [0.2, 0.25) is 5.91 Å². The maximum Gasteiger partial charge on any atom is 0.226 e. The summed E-state index contributed by atoms with van der Waals surface area (Å²) < 4.78 is 8.23. The number of ether oxygens (including phenoxy) is 1. The minimum Gasteiger partial charge on any atom is -0.491 e. The molecule has 0 aliphatic carbocycles. The number of hydrogen-bond acceptors (Lipinski definition) is 4. The molecule has 34 heavy (non-hydrogen) atoms. The van der Waals surface area contributed by atoms with E-state index < -0.39 is 0 Å². The Morgan fingerprint density at radius 2 is 1.88 bits per heavy atom. The van der Waals surface area contributed by atoms with Crippen molar-refractivity contribution in [1.29, 1.82) is 0 Å². The minimum absolute atomic E-state index is 0.0120. The van der Waals surface area contributed by atoms with E-state index >= 15 is 0 Å². The van der Waals surface area contributed by atoms with Gasteiger partial charge in [-0.1, -0.05) is 24.6 Å². The number of benzene rings is 1. The van der Waals surface area contributed by atoms with Gasteiger partial charge in [-0.15, -0.1) is 0 Å². The van der Waals surface area contributed by atoms with Gasteiger partial charge in [0.05, 0.1) is 17.2 Å². The van der Waals surface area contributed by atoms with Crippen LogP contribution in [-0.4, -0.2) is 46.3 Å². The Labute approximate surface area is 205 Å². The fraction of sp³-hybridized carbons (Fsp3) is 0.643. The van der Waals surface area contributed by atoms with Gasteiger partial charge in [0.15, 0.2) is 0 Å². The number of carbonyl (C=O) groups excluding carboxylic acids is 1. The monoisotopic (exact) mass is 466 g/mol. The van der Waals surface area contributed by atoms with E-state index in [-0.39, 0.29) is 17.4 Å². The predicted molar refractivity (Wildman–Crippen MR) is 136 cm³/mol. The Morgan fingerprint density at radius 3 is 2.59 bits per heavy atom. The topological polar surface area (TPSA) is 59.4 Å². The molecule has 1 saturated heterocycles. The molecule has 0 radical (unpaired) electrons. The number of fused-ring (bicyclic) bond motifs is 1. The van der Waals surface area contributed by atoms with Crippen molar-refractivity contribution in [3.63, 3.8) is 0 Å². The number of rotatable bonds is 3. The van der Waals surface area contributed by atoms with E-state index in [0.717, 1.165) is 69.6 Å². The van der Waals surface area contributed by atoms with Gasteiger partial charge in [-0.2, -0.15) is 5.10 Å². The van der Waals surface area contributed by atoms with Gasteiger partial charge in [0.25, 0.3) is 0 Å². The third-order valence-electron chi connectivity index (χ3n) is 7.83. The lowest BCUT2D eigenvalue weighted by Gasteiger charge is -2.41. The number of carbonyl (C=O) groups is 1. The standard InChI is InChI=1S/C28H42N4O2/c1-20(2)32-23(5)25(22(4)30-32)18-31-16-14-28(15-17-31)13-9-8-11-24-10-6-7-12-26(24)34-19-21(3)29-27(28)33/h6-7,10,12,20-21H,8-9,11,13-19H2,1-5H3,(H,29,33)/t21-/m1/s1. The summed E-state index contributed by atoms with van der Waals surface area (Å²) in [5.74, 6) is 1.18. The van der Waals surface area contributed by atoms with Gasteiger partial charge >= 0.3 is 0 Å². The van der Waals surface area contributed by atoms with Crippen LogP contribution in [0.3, 0.4) is 0 Å². The lowest BCUT2D eigenvalue weighted by molar-refractivity contribution is -0.135. The summed E-state index contributed by atoms with van der Waals surface area (Å²) in [7, 11) is 0. The molecule has 2 aliphatic rings. The molecule has 1 N–H and O–H groups in total. The first-order valence-electron chi connectivity index (χ1n) is 13.1. The average Bonchev–Trinajstić information content (AvgIpc) is 3.10. The van der Waals surface area contributed by atoms with Crippen molar-refractivity contribution in [1.82, 2.24) is 20.0 Å². The van der Waals surface area contributed by atoms with E-state index in [9.17, 15) is 4.79 Å². The quantitative estimate of drug-likeness (QED) is 0.694. The molecular weight excluding hydrogens is 424 g/mol. The summed E-state index contributed by atoms with van der Waals surface area (Å²) >= 11 is 0. The van der Waals surface area contributed by atoms with Crippen LogP contribution in [0.2, 0.25) is 0 Å². The SMILES string of the molecule is Cc1nn(C(C)C)c(C)c1CN1CCC2(CCCCc3ccccc3OC[C@@H](C)NC2=O)CC1. The highest BCUT2D eigenvalue weighted by Crippen LogP contribution is 2.38. The lowest BCUT2D eigenvalue weighted by Crippen LogP contribution is -2.51. The Kier molecular flexibility index (Phi) is 7.66. The number of hydrogen-bond donors (Lipinski definition) is 1. The van der Waals surface area contributed by atoms with Crippen LogP contribution in [0.1, 0.15) is 81.4 Å². The van der Waals surface area contributed by atoms with Crippen molar-refractivity contribution >= 4 is 5.91 Å². The van der Waals surface area contributed by atoms with E-state index in [1.807, 2.05) is 19.1 Å². The molecule has 1 spiro atoms. The van der Waals surface area contributed by atoms with E-state index in [1.54, 1.807) is 0 Å². The Bertz CT molecular complexity index is 988. The fourth-order valence-electron chi connectivity index (χ4n) is 5.65. The van der Waals surface area contributed by atoms with Gasteiger partial charge in [0, 0.05) is 23.8 Å². The van der Waals surface area contributed by atoms with E-state index in [2.05, 4.69) is 54.7 Å². The summed E-state index contributed by atoms with van der Waals surface area (Å²) in [5.41, 5.74) is 4.75. The summed E-state index contributed by atoms with van der Waals surface area (Å²) in [6, 6.07) is 8.68. The zero-order valence-corrected chi connectivity index (χ0v) is 21.7. The van der Waals surface area contributed by atoms with Crippen LogP contribution in [0.25, 0.3) is 0 Å². The fourth-order valence-corrected chi connectivity index (χ4v) is 5.65. The number of aromatic nitrogens is 2. The molecule has 1 aromatic heterocycles. The molecule has 1 fully saturated rings. The molecule has 1 atom stereocenters. The second-order valence-electron chi connectivity index (χ2n) is 10.7. The summed E-state index contributed by atoms with van der Waals surface area (Å²) in [6.07, 6.45) is 5.95. The summed E-state index contributed by atoms with van der Waals surface area (Å²) in [6.45, 7) is 14.0. The van der Waals surface area contributed by atoms with Gasteiger partial charge < -0.3 is 10.1 Å². The molecule has 2 aromatic rings. The van der Waals surface area contributed by atoms with Crippen molar-refractivity contribution < 1.29 is 9.53 Å². The Morgan fingerprint density at radius 1 is 1.15 bits per heavy atom. The number of amides is 1. The van der Waals surface area contributed by atoms with E-state index in [1.165, 1.54) is 16.8 Å². The molecule has 6 nitrogen and oxygen atoms in total. The number of nitrogens with zero attached hydrogens (tertiary/aromatic N) is 3. The first kappa shape index (κ1) is 24.8. The molecule has 0 unspecified atom stereocenters. The molecule has 186 valence electrons. The third kappa shape index (κ3) is 5.32. The second-order valence-corrected chi connectivity index (χ2v) is 10.7. The normalized spacial score (nSPS) is 21.9. The highest BCUT2D eigenvalue weighted by Gasteiger charge is 2.41. The lowest BCUT2D eigenvalue weighted by atomic mass is 9.73. The van der Waals surface area contributed by atoms with Crippen molar-refractivity contribution in [3.05, 3.63) is 46.8 Å². The van der Waals surface area contributed by atoms with Crippen LogP contribution >= 0.6 is 0 Å². The van der Waals surface area contributed by atoms with E-state index in [0.29, 0.717) is 12.6 Å². The second kappa shape index (κ2) is 10.5. The Hall–Kier alpha value is -2.34. The number of para-hydroxylation sites is 1. The number of nitrogens with one attached hydrogen (secondary N) is 1. The Balaban J connectivity index is 1.43. The van der Waals surface area contributed by atoms with Crippen LogP contribution in [0.15, 0.2) is 24.3 Å². The molecular formula is C28H42N4O2. The highest BCUT2D eigenvalue weighted by molar-refractivity contribution is 5.83. The molecule has 4 rings (SSSR count). The summed E-state index contributed by atoms with van der Waals surface area (Å²) in [4.78, 5) is 16.0. The maximum atomic E-state index is 13.5. The maximum absolute atomic E-state index is 13.5.